The number of hydrazine groups is 1. The first-order valence-electron chi connectivity index (χ1n) is 14.4. The zero-order valence-electron chi connectivity index (χ0n) is 23.9. The molecule has 44 heavy (non-hydrogen) atoms. The molecule has 1 saturated heterocycles. The number of carbonyl (C=O) groups excluding carboxylic acids is 4. The standard InChI is InChI=1S/C35H27N3O6/c1-19-11-13-21(14-12-19)32(39)20(2)36(33(40)22-15-17-23(18-16-22)38(43)44)37-34(41)30-28-24-7-3-4-8-25(24)29(31(30)35(37)42)27-10-6-5-9-26(27)28/h3-18,20,28-31H,1-2H3/t20-,28?,29?,30-,31+/m0/s1. The average Bonchev–Trinajstić information content (AvgIpc) is 3.30. The Hall–Kier alpha value is -5.44. The number of carbonyl (C=O) groups is 4. The van der Waals surface area contributed by atoms with Gasteiger partial charge in [0.05, 0.1) is 16.8 Å². The van der Waals surface area contributed by atoms with E-state index in [-0.39, 0.29) is 11.3 Å². The molecule has 0 spiro atoms. The molecule has 0 saturated carbocycles. The fourth-order valence-corrected chi connectivity index (χ4v) is 7.24. The van der Waals surface area contributed by atoms with Crippen LogP contribution in [0.2, 0.25) is 0 Å². The quantitative estimate of drug-likeness (QED) is 0.129. The Bertz CT molecular complexity index is 1770. The number of amides is 3. The van der Waals surface area contributed by atoms with Crippen molar-refractivity contribution in [1.29, 1.82) is 0 Å². The van der Waals surface area contributed by atoms with Gasteiger partial charge in [-0.15, -0.1) is 0 Å². The highest BCUT2D eigenvalue weighted by Gasteiger charge is 2.63. The van der Waals surface area contributed by atoms with Gasteiger partial charge in [-0.2, -0.15) is 5.01 Å². The summed E-state index contributed by atoms with van der Waals surface area (Å²) in [6, 6.07) is 26.1. The first-order chi connectivity index (χ1) is 21.2. The Morgan fingerprint density at radius 1 is 0.727 bits per heavy atom. The van der Waals surface area contributed by atoms with Crippen molar-refractivity contribution in [2.75, 3.05) is 0 Å². The van der Waals surface area contributed by atoms with Crippen LogP contribution in [0.5, 0.6) is 0 Å². The summed E-state index contributed by atoms with van der Waals surface area (Å²) in [5, 5.41) is 13.1. The van der Waals surface area contributed by atoms with Crippen LogP contribution in [0, 0.1) is 28.9 Å². The fraction of sp³-hybridized carbons (Fsp3) is 0.200. The van der Waals surface area contributed by atoms with Crippen molar-refractivity contribution >= 4 is 29.2 Å². The number of aryl methyl sites for hydroxylation is 1. The number of hydrogen-bond acceptors (Lipinski definition) is 6. The van der Waals surface area contributed by atoms with Crippen LogP contribution in [0.4, 0.5) is 5.69 Å². The number of rotatable bonds is 6. The normalized spacial score (nSPS) is 21.7. The van der Waals surface area contributed by atoms with Crippen LogP contribution in [0.3, 0.4) is 0 Å². The highest BCUT2D eigenvalue weighted by Crippen LogP contribution is 2.61. The molecule has 2 bridgehead atoms. The summed E-state index contributed by atoms with van der Waals surface area (Å²) >= 11 is 0. The number of nitrogens with zero attached hydrogens (tertiary/aromatic N) is 3. The highest BCUT2D eigenvalue weighted by atomic mass is 16.6. The van der Waals surface area contributed by atoms with Crippen LogP contribution >= 0.6 is 0 Å². The molecule has 4 aromatic carbocycles. The van der Waals surface area contributed by atoms with E-state index in [0.717, 1.165) is 37.8 Å². The number of non-ortho nitro benzene ring substituents is 1. The Morgan fingerprint density at radius 2 is 1.16 bits per heavy atom. The lowest BCUT2D eigenvalue weighted by Crippen LogP contribution is -2.56. The third-order valence-corrected chi connectivity index (χ3v) is 9.26. The highest BCUT2D eigenvalue weighted by molar-refractivity contribution is 6.11. The van der Waals surface area contributed by atoms with Crippen molar-refractivity contribution in [3.05, 3.63) is 146 Å². The number of Topliss-reactive ketones (excluding diaryl/α,β-unsaturated/α-hetero) is 1. The molecule has 4 aromatic rings. The molecule has 8 rings (SSSR count). The second-order valence-corrected chi connectivity index (χ2v) is 11.6. The van der Waals surface area contributed by atoms with Crippen molar-refractivity contribution < 1.29 is 24.1 Å². The predicted octanol–water partition coefficient (Wildman–Crippen LogP) is 5.42. The van der Waals surface area contributed by atoms with Gasteiger partial charge in [-0.1, -0.05) is 78.4 Å². The van der Waals surface area contributed by atoms with Crippen molar-refractivity contribution in [2.24, 2.45) is 11.8 Å². The minimum absolute atomic E-state index is 0.00386. The van der Waals surface area contributed by atoms with Gasteiger partial charge in [-0.05, 0) is 48.2 Å². The lowest BCUT2D eigenvalue weighted by Gasteiger charge is -2.45. The van der Waals surface area contributed by atoms with Gasteiger partial charge in [0.25, 0.3) is 23.4 Å². The molecule has 0 radical (unpaired) electrons. The zero-order chi connectivity index (χ0) is 30.9. The summed E-state index contributed by atoms with van der Waals surface area (Å²) in [6.07, 6.45) is 0. The first kappa shape index (κ1) is 27.4. The summed E-state index contributed by atoms with van der Waals surface area (Å²) in [6.45, 7) is 3.38. The van der Waals surface area contributed by atoms with E-state index in [4.69, 9.17) is 0 Å². The first-order valence-corrected chi connectivity index (χ1v) is 14.4. The van der Waals surface area contributed by atoms with Gasteiger partial charge in [-0.3, -0.25) is 29.3 Å². The van der Waals surface area contributed by atoms with Crippen molar-refractivity contribution in [3.63, 3.8) is 0 Å². The lowest BCUT2D eigenvalue weighted by atomic mass is 9.55. The van der Waals surface area contributed by atoms with E-state index in [2.05, 4.69) is 0 Å². The van der Waals surface area contributed by atoms with Crippen LogP contribution < -0.4 is 0 Å². The summed E-state index contributed by atoms with van der Waals surface area (Å²) in [7, 11) is 0. The maximum absolute atomic E-state index is 14.5. The zero-order valence-corrected chi connectivity index (χ0v) is 23.9. The molecular formula is C35H27N3O6. The van der Waals surface area contributed by atoms with Gasteiger partial charge in [-0.25, -0.2) is 5.01 Å². The maximum Gasteiger partial charge on any atom is 0.273 e. The fourth-order valence-electron chi connectivity index (χ4n) is 7.24. The molecule has 1 aliphatic heterocycles. The summed E-state index contributed by atoms with van der Waals surface area (Å²) < 4.78 is 0. The second kappa shape index (κ2) is 10.1. The predicted molar refractivity (Wildman–Crippen MR) is 160 cm³/mol. The summed E-state index contributed by atoms with van der Waals surface area (Å²) in [5.41, 5.74) is 4.98. The monoisotopic (exact) mass is 585 g/mol. The lowest BCUT2D eigenvalue weighted by molar-refractivity contribution is -0.384. The van der Waals surface area contributed by atoms with Gasteiger partial charge in [0.15, 0.2) is 5.78 Å². The van der Waals surface area contributed by atoms with Crippen LogP contribution in [0.15, 0.2) is 97.1 Å². The smallest absolute Gasteiger partial charge is 0.273 e. The minimum Gasteiger partial charge on any atom is -0.292 e. The molecule has 1 fully saturated rings. The van der Waals surface area contributed by atoms with E-state index in [0.29, 0.717) is 5.56 Å². The average molecular weight is 586 g/mol. The molecule has 3 amide bonds. The third kappa shape index (κ3) is 3.92. The van der Waals surface area contributed by atoms with Gasteiger partial charge in [0.1, 0.15) is 6.04 Å². The number of nitro groups is 1. The maximum atomic E-state index is 14.5. The minimum atomic E-state index is -1.24. The van der Waals surface area contributed by atoms with Gasteiger partial charge in [0, 0.05) is 35.1 Å². The van der Waals surface area contributed by atoms with Crippen LogP contribution in [-0.4, -0.2) is 44.5 Å². The largest absolute Gasteiger partial charge is 0.292 e. The second-order valence-electron chi connectivity index (χ2n) is 11.6. The molecule has 3 aliphatic carbocycles. The van der Waals surface area contributed by atoms with E-state index in [1.807, 2.05) is 55.5 Å². The van der Waals surface area contributed by atoms with Gasteiger partial charge >= 0.3 is 0 Å². The Kier molecular flexibility index (Phi) is 6.28. The van der Waals surface area contributed by atoms with E-state index in [1.54, 1.807) is 24.3 Å². The molecule has 0 N–H and O–H groups in total. The SMILES string of the molecule is Cc1ccc(C(=O)[C@H](C)N(C(=O)c2ccc([N+](=O)[O-])cc2)N2C(=O)[C@@H]3C4c5ccccc5C(c5ccccc54)[C@@H]3C2=O)cc1. The molecule has 1 heterocycles. The van der Waals surface area contributed by atoms with Crippen molar-refractivity contribution in [3.8, 4) is 0 Å². The molecule has 3 atom stereocenters. The molecule has 0 unspecified atom stereocenters. The topological polar surface area (TPSA) is 118 Å². The van der Waals surface area contributed by atoms with Gasteiger partial charge in [0.2, 0.25) is 0 Å². The molecular weight excluding hydrogens is 558 g/mol. The molecule has 4 aliphatic rings. The Morgan fingerprint density at radius 3 is 1.59 bits per heavy atom. The van der Waals surface area contributed by atoms with Crippen molar-refractivity contribution in [1.82, 2.24) is 10.0 Å². The van der Waals surface area contributed by atoms with Gasteiger partial charge < -0.3 is 0 Å². The Balaban J connectivity index is 1.35. The molecule has 218 valence electrons. The third-order valence-electron chi connectivity index (χ3n) is 9.26. The summed E-state index contributed by atoms with van der Waals surface area (Å²) in [4.78, 5) is 67.7. The number of ketones is 1. The number of hydrogen-bond donors (Lipinski definition) is 0. The number of imide groups is 1. The van der Waals surface area contributed by atoms with Crippen LogP contribution in [0.1, 0.15) is 67.3 Å². The number of nitro benzene ring substituents is 1. The summed E-state index contributed by atoms with van der Waals surface area (Å²) in [5.74, 6) is -4.62. The van der Waals surface area contributed by atoms with Crippen molar-refractivity contribution in [2.45, 2.75) is 31.7 Å². The van der Waals surface area contributed by atoms with E-state index in [1.165, 1.54) is 31.2 Å². The molecule has 9 heteroatoms. The van der Waals surface area contributed by atoms with E-state index >= 15 is 0 Å². The Labute approximate surface area is 252 Å². The molecule has 9 nitrogen and oxygen atoms in total. The van der Waals surface area contributed by atoms with E-state index in [9.17, 15) is 29.3 Å². The van der Waals surface area contributed by atoms with Crippen LogP contribution in [-0.2, 0) is 9.59 Å². The number of benzene rings is 4. The molecule has 0 aromatic heterocycles. The van der Waals surface area contributed by atoms with E-state index < -0.39 is 58.1 Å². The van der Waals surface area contributed by atoms with Crippen LogP contribution in [0.25, 0.3) is 0 Å².